The number of morpholine rings is 1. The molecule has 1 amide bonds. The van der Waals surface area contributed by atoms with Gasteiger partial charge >= 0.3 is 0 Å². The lowest BCUT2D eigenvalue weighted by Gasteiger charge is -2.27. The van der Waals surface area contributed by atoms with Crippen LogP contribution in [0.5, 0.6) is 0 Å². The van der Waals surface area contributed by atoms with Crippen LogP contribution in [0.3, 0.4) is 0 Å². The van der Waals surface area contributed by atoms with Crippen molar-refractivity contribution >= 4 is 23.8 Å². The molecule has 3 N–H and O–H groups in total. The second-order valence-electron chi connectivity index (χ2n) is 7.53. The van der Waals surface area contributed by atoms with Crippen LogP contribution in [0.1, 0.15) is 24.8 Å². The van der Waals surface area contributed by atoms with Crippen LogP contribution in [-0.2, 0) is 16.0 Å². The average Bonchev–Trinajstić information content (AvgIpc) is 2.99. The molecule has 9 heteroatoms. The van der Waals surface area contributed by atoms with Gasteiger partial charge in [0, 0.05) is 26.2 Å². The number of ether oxygens (including phenoxy) is 1. The van der Waals surface area contributed by atoms with Gasteiger partial charge in [-0.25, -0.2) is 0 Å². The average molecular weight is 412 g/mol. The van der Waals surface area contributed by atoms with E-state index in [4.69, 9.17) is 4.74 Å². The molecule has 2 fully saturated rings. The van der Waals surface area contributed by atoms with Crippen molar-refractivity contribution in [3.05, 3.63) is 35.9 Å². The van der Waals surface area contributed by atoms with E-state index in [0.717, 1.165) is 45.3 Å². The topological polar surface area (TPSA) is 104 Å². The zero-order valence-electron chi connectivity index (χ0n) is 17.1. The number of aromatic nitrogens is 3. The Labute approximate surface area is 176 Å². The Balaban J connectivity index is 1.49. The molecule has 30 heavy (non-hydrogen) atoms. The standard InChI is InChI=1S/C21H29N7O2/c29-18-17(8-4-5-10-22-18)24-20-25-19(23-11-9-16-6-2-1-3-7-16)26-21(27-20)28-12-14-30-15-13-28/h1-3,6-7,17H,4-5,8-15H2,(H,22,29)(H2,23,24,25,26,27). The van der Waals surface area contributed by atoms with Gasteiger partial charge in [0.25, 0.3) is 0 Å². The van der Waals surface area contributed by atoms with Crippen molar-refractivity contribution in [3.8, 4) is 0 Å². The molecule has 1 aromatic carbocycles. The minimum atomic E-state index is -0.329. The third-order valence-corrected chi connectivity index (χ3v) is 5.30. The molecule has 2 saturated heterocycles. The molecule has 3 heterocycles. The van der Waals surface area contributed by atoms with Gasteiger partial charge in [0.2, 0.25) is 23.8 Å². The monoisotopic (exact) mass is 411 g/mol. The SMILES string of the molecule is O=C1NCCCCC1Nc1nc(NCCc2ccccc2)nc(N2CCOCC2)n1. The van der Waals surface area contributed by atoms with E-state index in [-0.39, 0.29) is 11.9 Å². The molecule has 4 rings (SSSR count). The molecule has 160 valence electrons. The van der Waals surface area contributed by atoms with Gasteiger partial charge in [0.1, 0.15) is 6.04 Å². The van der Waals surface area contributed by atoms with Gasteiger partial charge in [-0.15, -0.1) is 0 Å². The van der Waals surface area contributed by atoms with E-state index in [1.165, 1.54) is 5.56 Å². The van der Waals surface area contributed by atoms with E-state index >= 15 is 0 Å². The summed E-state index contributed by atoms with van der Waals surface area (Å²) in [4.78, 5) is 28.2. The number of carbonyl (C=O) groups is 1. The molecular weight excluding hydrogens is 382 g/mol. The van der Waals surface area contributed by atoms with E-state index in [1.807, 2.05) is 18.2 Å². The summed E-state index contributed by atoms with van der Waals surface area (Å²) in [7, 11) is 0. The van der Waals surface area contributed by atoms with Crippen LogP contribution in [0.4, 0.5) is 17.8 Å². The van der Waals surface area contributed by atoms with Gasteiger partial charge in [-0.3, -0.25) is 4.79 Å². The predicted molar refractivity (Wildman–Crippen MR) is 116 cm³/mol. The van der Waals surface area contributed by atoms with Crippen molar-refractivity contribution in [1.82, 2.24) is 20.3 Å². The normalized spacial score (nSPS) is 19.7. The molecule has 2 aromatic rings. The first-order valence-electron chi connectivity index (χ1n) is 10.7. The number of amides is 1. The molecule has 9 nitrogen and oxygen atoms in total. The van der Waals surface area contributed by atoms with Gasteiger partial charge in [-0.05, 0) is 31.2 Å². The van der Waals surface area contributed by atoms with E-state index in [0.29, 0.717) is 37.6 Å². The number of hydrogen-bond acceptors (Lipinski definition) is 8. The zero-order valence-corrected chi connectivity index (χ0v) is 17.1. The highest BCUT2D eigenvalue weighted by Gasteiger charge is 2.23. The summed E-state index contributed by atoms with van der Waals surface area (Å²) in [5, 5.41) is 9.48. The summed E-state index contributed by atoms with van der Waals surface area (Å²) in [5.41, 5.74) is 1.25. The van der Waals surface area contributed by atoms with Gasteiger partial charge in [0.15, 0.2) is 0 Å². The third-order valence-electron chi connectivity index (χ3n) is 5.30. The van der Waals surface area contributed by atoms with Gasteiger partial charge < -0.3 is 25.6 Å². The van der Waals surface area contributed by atoms with Crippen LogP contribution in [0.2, 0.25) is 0 Å². The minimum Gasteiger partial charge on any atom is -0.378 e. The maximum atomic E-state index is 12.3. The highest BCUT2D eigenvalue weighted by Crippen LogP contribution is 2.17. The highest BCUT2D eigenvalue weighted by molar-refractivity contribution is 5.84. The summed E-state index contributed by atoms with van der Waals surface area (Å²) in [6.07, 6.45) is 3.61. The minimum absolute atomic E-state index is 0.000536. The Kier molecular flexibility index (Phi) is 6.91. The van der Waals surface area contributed by atoms with Crippen molar-refractivity contribution in [1.29, 1.82) is 0 Å². The molecule has 0 bridgehead atoms. The Morgan fingerprint density at radius 2 is 1.87 bits per heavy atom. The first kappa shape index (κ1) is 20.3. The van der Waals surface area contributed by atoms with Crippen molar-refractivity contribution < 1.29 is 9.53 Å². The first-order chi connectivity index (χ1) is 14.8. The molecular formula is C21H29N7O2. The molecule has 1 unspecified atom stereocenters. The summed E-state index contributed by atoms with van der Waals surface area (Å²) in [6, 6.07) is 9.96. The molecule has 1 aromatic heterocycles. The lowest BCUT2D eigenvalue weighted by molar-refractivity contribution is -0.121. The van der Waals surface area contributed by atoms with E-state index in [1.54, 1.807) is 0 Å². The second-order valence-corrected chi connectivity index (χ2v) is 7.53. The Bertz CT molecular complexity index is 827. The van der Waals surface area contributed by atoms with Crippen LogP contribution >= 0.6 is 0 Å². The summed E-state index contributed by atoms with van der Waals surface area (Å²) < 4.78 is 5.45. The maximum Gasteiger partial charge on any atom is 0.242 e. The number of carbonyl (C=O) groups excluding carboxylic acids is 1. The second kappa shape index (κ2) is 10.2. The van der Waals surface area contributed by atoms with E-state index < -0.39 is 0 Å². The largest absolute Gasteiger partial charge is 0.378 e. The quantitative estimate of drug-likeness (QED) is 0.629. The van der Waals surface area contributed by atoms with Crippen LogP contribution in [0, 0.1) is 0 Å². The molecule has 2 aliphatic rings. The van der Waals surface area contributed by atoms with Crippen LogP contribution in [-0.4, -0.2) is 66.3 Å². The Hall–Kier alpha value is -2.94. The smallest absolute Gasteiger partial charge is 0.242 e. The van der Waals surface area contributed by atoms with E-state index in [9.17, 15) is 4.79 Å². The number of rotatable bonds is 7. The fourth-order valence-electron chi connectivity index (χ4n) is 3.61. The van der Waals surface area contributed by atoms with Crippen molar-refractivity contribution in [3.63, 3.8) is 0 Å². The maximum absolute atomic E-state index is 12.3. The number of hydrogen-bond donors (Lipinski definition) is 3. The molecule has 2 aliphatic heterocycles. The lowest BCUT2D eigenvalue weighted by atomic mass is 10.1. The summed E-state index contributed by atoms with van der Waals surface area (Å²) in [6.45, 7) is 4.19. The zero-order chi connectivity index (χ0) is 20.6. The molecule has 0 spiro atoms. The molecule has 0 radical (unpaired) electrons. The van der Waals surface area contributed by atoms with Crippen LogP contribution in [0.15, 0.2) is 30.3 Å². The highest BCUT2D eigenvalue weighted by atomic mass is 16.5. The predicted octanol–water partition coefficient (Wildman–Crippen LogP) is 1.44. The van der Waals surface area contributed by atoms with Crippen molar-refractivity contribution in [2.24, 2.45) is 0 Å². The Morgan fingerprint density at radius 3 is 2.70 bits per heavy atom. The van der Waals surface area contributed by atoms with E-state index in [2.05, 4.69) is 47.9 Å². The van der Waals surface area contributed by atoms with Crippen LogP contribution < -0.4 is 20.9 Å². The molecule has 0 aliphatic carbocycles. The van der Waals surface area contributed by atoms with Gasteiger partial charge in [-0.2, -0.15) is 15.0 Å². The first-order valence-corrected chi connectivity index (χ1v) is 10.7. The summed E-state index contributed by atoms with van der Waals surface area (Å²) in [5.74, 6) is 1.54. The van der Waals surface area contributed by atoms with Gasteiger partial charge in [-0.1, -0.05) is 30.3 Å². The Morgan fingerprint density at radius 1 is 1.07 bits per heavy atom. The number of anilines is 3. The molecule has 1 atom stereocenters. The fraction of sp³-hybridized carbons (Fsp3) is 0.524. The van der Waals surface area contributed by atoms with Crippen LogP contribution in [0.25, 0.3) is 0 Å². The van der Waals surface area contributed by atoms with Crippen molar-refractivity contribution in [2.75, 3.05) is 54.9 Å². The summed E-state index contributed by atoms with van der Waals surface area (Å²) >= 11 is 0. The fourth-order valence-corrected chi connectivity index (χ4v) is 3.61. The van der Waals surface area contributed by atoms with Crippen molar-refractivity contribution in [2.45, 2.75) is 31.7 Å². The number of nitrogens with one attached hydrogen (secondary N) is 3. The van der Waals surface area contributed by atoms with Gasteiger partial charge in [0.05, 0.1) is 13.2 Å². The number of nitrogens with zero attached hydrogens (tertiary/aromatic N) is 4. The third kappa shape index (κ3) is 5.56. The molecule has 0 saturated carbocycles. The lowest BCUT2D eigenvalue weighted by Crippen LogP contribution is -2.39. The number of benzene rings is 1.